The number of hydrogen-bond donors (Lipinski definition) is 1. The van der Waals surface area contributed by atoms with Crippen molar-refractivity contribution in [2.75, 3.05) is 5.32 Å². The third kappa shape index (κ3) is 2.51. The van der Waals surface area contributed by atoms with Gasteiger partial charge in [0.1, 0.15) is 5.82 Å². The molecule has 0 bridgehead atoms. The largest absolute Gasteiger partial charge is 0.365 e. The zero-order chi connectivity index (χ0) is 10.9. The molecule has 0 aliphatic heterocycles. The maximum Gasteiger partial charge on any atom is 0.126 e. The molecule has 0 radical (unpaired) electrons. The Kier molecular flexibility index (Phi) is 3.01. The minimum absolute atomic E-state index is 0.257. The van der Waals surface area contributed by atoms with E-state index in [2.05, 4.69) is 39.2 Å². The molecule has 0 saturated heterocycles. The quantitative estimate of drug-likeness (QED) is 0.880. The molecule has 0 spiro atoms. The van der Waals surface area contributed by atoms with E-state index >= 15 is 0 Å². The number of pyridine rings is 1. The predicted molar refractivity (Wildman–Crippen MR) is 67.2 cm³/mol. The summed E-state index contributed by atoms with van der Waals surface area (Å²) in [6.45, 7) is 4.31. The van der Waals surface area contributed by atoms with Crippen LogP contribution in [0.15, 0.2) is 16.6 Å². The zero-order valence-electron chi connectivity index (χ0n) is 9.31. The highest BCUT2D eigenvalue weighted by Crippen LogP contribution is 2.32. The molecule has 82 valence electrons. The Hall–Kier alpha value is -0.570. The molecule has 3 heteroatoms. The molecule has 1 saturated carbocycles. The number of rotatable bonds is 2. The summed E-state index contributed by atoms with van der Waals surface area (Å²) in [5.41, 5.74) is 1.30. The molecule has 0 atom stereocenters. The van der Waals surface area contributed by atoms with Crippen LogP contribution < -0.4 is 5.32 Å². The van der Waals surface area contributed by atoms with Crippen LogP contribution in [-0.2, 0) is 0 Å². The fourth-order valence-corrected chi connectivity index (χ4v) is 2.42. The van der Waals surface area contributed by atoms with Crippen LogP contribution in [0.4, 0.5) is 5.82 Å². The second-order valence-electron chi connectivity index (χ2n) is 4.66. The minimum atomic E-state index is 0.257. The number of nitrogens with one attached hydrogen (secondary N) is 1. The monoisotopic (exact) mass is 268 g/mol. The van der Waals surface area contributed by atoms with Crippen LogP contribution >= 0.6 is 15.9 Å². The number of aromatic nitrogens is 1. The van der Waals surface area contributed by atoms with Gasteiger partial charge in [-0.2, -0.15) is 0 Å². The highest BCUT2D eigenvalue weighted by atomic mass is 79.9. The van der Waals surface area contributed by atoms with Gasteiger partial charge in [-0.15, -0.1) is 0 Å². The van der Waals surface area contributed by atoms with Crippen molar-refractivity contribution in [1.82, 2.24) is 4.98 Å². The van der Waals surface area contributed by atoms with E-state index < -0.39 is 0 Å². The van der Waals surface area contributed by atoms with Gasteiger partial charge in [0.2, 0.25) is 0 Å². The van der Waals surface area contributed by atoms with E-state index in [0.29, 0.717) is 0 Å². The molecule has 0 aromatic carbocycles. The van der Waals surface area contributed by atoms with Crippen LogP contribution in [0.3, 0.4) is 0 Å². The minimum Gasteiger partial charge on any atom is -0.365 e. The van der Waals surface area contributed by atoms with Crippen LogP contribution in [0.25, 0.3) is 0 Å². The third-order valence-corrected chi connectivity index (χ3v) is 4.00. The number of hydrogen-bond acceptors (Lipinski definition) is 2. The molecule has 1 N–H and O–H groups in total. The normalized spacial score (nSPS) is 19.1. The van der Waals surface area contributed by atoms with Gasteiger partial charge in [0.15, 0.2) is 0 Å². The van der Waals surface area contributed by atoms with E-state index in [1.165, 1.54) is 25.7 Å². The Morgan fingerprint density at radius 3 is 2.60 bits per heavy atom. The lowest BCUT2D eigenvalue weighted by Gasteiger charge is -2.26. The van der Waals surface area contributed by atoms with Gasteiger partial charge in [0.25, 0.3) is 0 Å². The standard InChI is InChI=1S/C12H17BrN2/c1-9-10(13)5-6-11(14-9)15-12(2)7-3-4-8-12/h5-6H,3-4,7-8H2,1-2H3,(H,14,15). The van der Waals surface area contributed by atoms with Crippen molar-refractivity contribution in [2.24, 2.45) is 0 Å². The molecule has 2 nitrogen and oxygen atoms in total. The maximum atomic E-state index is 4.52. The van der Waals surface area contributed by atoms with Gasteiger partial charge in [0.05, 0.1) is 5.69 Å². The summed E-state index contributed by atoms with van der Waals surface area (Å²) in [6.07, 6.45) is 5.17. The summed E-state index contributed by atoms with van der Waals surface area (Å²) in [7, 11) is 0. The van der Waals surface area contributed by atoms with Gasteiger partial charge in [0, 0.05) is 10.0 Å². The number of anilines is 1. The summed E-state index contributed by atoms with van der Waals surface area (Å²) >= 11 is 3.47. The summed E-state index contributed by atoms with van der Waals surface area (Å²) in [5, 5.41) is 3.55. The van der Waals surface area contributed by atoms with Crippen LogP contribution in [0.5, 0.6) is 0 Å². The van der Waals surface area contributed by atoms with Crippen molar-refractivity contribution < 1.29 is 0 Å². The molecule has 1 aliphatic carbocycles. The number of halogens is 1. The van der Waals surface area contributed by atoms with Crippen LogP contribution in [0.2, 0.25) is 0 Å². The molecule has 0 amide bonds. The molecule has 15 heavy (non-hydrogen) atoms. The van der Waals surface area contributed by atoms with E-state index in [9.17, 15) is 0 Å². The first-order valence-corrected chi connectivity index (χ1v) is 6.30. The first kappa shape index (κ1) is 10.9. The lowest BCUT2D eigenvalue weighted by molar-refractivity contribution is 0.531. The predicted octanol–water partition coefficient (Wildman–Crippen LogP) is 3.90. The second kappa shape index (κ2) is 4.12. The van der Waals surface area contributed by atoms with Crippen molar-refractivity contribution in [3.8, 4) is 0 Å². The van der Waals surface area contributed by atoms with Crippen molar-refractivity contribution >= 4 is 21.7 Å². The number of nitrogens with zero attached hydrogens (tertiary/aromatic N) is 1. The Labute approximate surface area is 99.6 Å². The zero-order valence-corrected chi connectivity index (χ0v) is 10.9. The summed E-state index contributed by atoms with van der Waals surface area (Å²) in [5.74, 6) is 1.00. The molecule has 1 heterocycles. The Morgan fingerprint density at radius 2 is 2.00 bits per heavy atom. The lowest BCUT2D eigenvalue weighted by atomic mass is 10.0. The third-order valence-electron chi connectivity index (χ3n) is 3.16. The molecule has 2 rings (SSSR count). The molecule has 1 aliphatic rings. The fraction of sp³-hybridized carbons (Fsp3) is 0.583. The molecule has 1 fully saturated rings. The summed E-state index contributed by atoms with van der Waals surface area (Å²) < 4.78 is 1.07. The smallest absolute Gasteiger partial charge is 0.126 e. The fourth-order valence-electron chi connectivity index (χ4n) is 2.20. The van der Waals surface area contributed by atoms with Gasteiger partial charge in [-0.25, -0.2) is 4.98 Å². The highest BCUT2D eigenvalue weighted by Gasteiger charge is 2.28. The van der Waals surface area contributed by atoms with Gasteiger partial charge in [-0.05, 0) is 54.8 Å². The SMILES string of the molecule is Cc1nc(NC2(C)CCCC2)ccc1Br. The highest BCUT2D eigenvalue weighted by molar-refractivity contribution is 9.10. The van der Waals surface area contributed by atoms with Gasteiger partial charge in [-0.3, -0.25) is 0 Å². The Morgan fingerprint density at radius 1 is 1.33 bits per heavy atom. The van der Waals surface area contributed by atoms with Gasteiger partial charge >= 0.3 is 0 Å². The average molecular weight is 269 g/mol. The van der Waals surface area contributed by atoms with E-state index in [0.717, 1.165) is 16.0 Å². The van der Waals surface area contributed by atoms with Crippen molar-refractivity contribution in [3.05, 3.63) is 22.3 Å². The van der Waals surface area contributed by atoms with Crippen molar-refractivity contribution in [2.45, 2.75) is 45.1 Å². The average Bonchev–Trinajstić information content (AvgIpc) is 2.59. The van der Waals surface area contributed by atoms with Crippen molar-refractivity contribution in [3.63, 3.8) is 0 Å². The number of aryl methyl sites for hydroxylation is 1. The van der Waals surface area contributed by atoms with Gasteiger partial charge in [-0.1, -0.05) is 12.8 Å². The summed E-state index contributed by atoms with van der Waals surface area (Å²) in [6, 6.07) is 4.10. The topological polar surface area (TPSA) is 24.9 Å². The van der Waals surface area contributed by atoms with Crippen LogP contribution in [0.1, 0.15) is 38.3 Å². The summed E-state index contributed by atoms with van der Waals surface area (Å²) in [4.78, 5) is 4.52. The Bertz CT molecular complexity index is 357. The van der Waals surface area contributed by atoms with E-state index in [4.69, 9.17) is 0 Å². The van der Waals surface area contributed by atoms with Crippen molar-refractivity contribution in [1.29, 1.82) is 0 Å². The first-order chi connectivity index (χ1) is 7.09. The van der Waals surface area contributed by atoms with Crippen LogP contribution in [-0.4, -0.2) is 10.5 Å². The van der Waals surface area contributed by atoms with Gasteiger partial charge < -0.3 is 5.32 Å². The first-order valence-electron chi connectivity index (χ1n) is 5.50. The Balaban J connectivity index is 2.13. The molecular formula is C12H17BrN2. The lowest BCUT2D eigenvalue weighted by Crippen LogP contribution is -2.31. The molecular weight excluding hydrogens is 252 g/mol. The molecule has 1 aromatic rings. The van der Waals surface area contributed by atoms with Crippen LogP contribution in [0, 0.1) is 6.92 Å². The molecule has 1 aromatic heterocycles. The van der Waals surface area contributed by atoms with E-state index in [-0.39, 0.29) is 5.54 Å². The van der Waals surface area contributed by atoms with E-state index in [1.807, 2.05) is 13.0 Å². The van der Waals surface area contributed by atoms with E-state index in [1.54, 1.807) is 0 Å². The molecule has 0 unspecified atom stereocenters. The maximum absolute atomic E-state index is 4.52. The second-order valence-corrected chi connectivity index (χ2v) is 5.51.